The number of aliphatic hydroxyl groups is 1. The zero-order valence-corrected chi connectivity index (χ0v) is 19.3. The first-order valence-electron chi connectivity index (χ1n) is 11.2. The largest absolute Gasteiger partial charge is 0.389 e. The van der Waals surface area contributed by atoms with Crippen molar-refractivity contribution in [2.24, 2.45) is 0 Å². The van der Waals surface area contributed by atoms with Crippen molar-refractivity contribution >= 4 is 33.3 Å². The summed E-state index contributed by atoms with van der Waals surface area (Å²) in [5.74, 6) is 1.57. The molecule has 1 aliphatic heterocycles. The van der Waals surface area contributed by atoms with E-state index >= 15 is 0 Å². The lowest BCUT2D eigenvalue weighted by atomic mass is 10.1. The van der Waals surface area contributed by atoms with Crippen LogP contribution in [-0.4, -0.2) is 58.7 Å². The number of fused-ring (bicyclic) bond motifs is 1. The Balaban J connectivity index is 1.54. The Labute approximate surface area is 197 Å². The highest BCUT2D eigenvalue weighted by Gasteiger charge is 2.25. The first-order valence-corrected chi connectivity index (χ1v) is 12.0. The number of benzene rings is 2. The number of carbonyl (C=O) groups excluding carboxylic acids is 1. The molecule has 0 unspecified atom stereocenters. The molecule has 6 nitrogen and oxygen atoms in total. The minimum atomic E-state index is -0.666. The Morgan fingerprint density at radius 1 is 1.06 bits per heavy atom. The smallest absolute Gasteiger partial charge is 0.222 e. The average molecular weight is 459 g/mol. The van der Waals surface area contributed by atoms with Crippen LogP contribution < -0.4 is 4.90 Å². The van der Waals surface area contributed by atoms with Crippen LogP contribution in [-0.2, 0) is 4.79 Å². The number of likely N-dealkylation sites (N-methyl/N-ethyl adjacent to an activating group) is 1. The highest BCUT2D eigenvalue weighted by Crippen LogP contribution is 2.39. The maximum Gasteiger partial charge on any atom is 0.222 e. The average Bonchev–Trinajstić information content (AvgIpc) is 3.45. The Morgan fingerprint density at radius 2 is 1.76 bits per heavy atom. The van der Waals surface area contributed by atoms with E-state index in [0.717, 1.165) is 45.7 Å². The summed E-state index contributed by atoms with van der Waals surface area (Å²) < 4.78 is 0. The molecule has 1 fully saturated rings. The van der Waals surface area contributed by atoms with Crippen molar-refractivity contribution in [1.82, 2.24) is 14.9 Å². The third kappa shape index (κ3) is 4.47. The topological polar surface area (TPSA) is 69.6 Å². The van der Waals surface area contributed by atoms with Crippen molar-refractivity contribution in [3.63, 3.8) is 0 Å². The van der Waals surface area contributed by atoms with Crippen LogP contribution in [0.2, 0.25) is 0 Å². The van der Waals surface area contributed by atoms with E-state index < -0.39 is 6.10 Å². The van der Waals surface area contributed by atoms with Crippen LogP contribution in [0.25, 0.3) is 32.7 Å². The van der Waals surface area contributed by atoms with E-state index in [1.54, 1.807) is 16.2 Å². The maximum absolute atomic E-state index is 12.0. The number of nitrogens with zero attached hydrogens (tertiary/aromatic N) is 4. The molecule has 0 saturated carbocycles. The van der Waals surface area contributed by atoms with Gasteiger partial charge in [0.15, 0.2) is 5.82 Å². The number of likely N-dealkylation sites (tertiary alicyclic amines) is 1. The van der Waals surface area contributed by atoms with E-state index in [2.05, 4.69) is 17.5 Å². The van der Waals surface area contributed by atoms with Crippen molar-refractivity contribution in [2.45, 2.75) is 18.9 Å². The van der Waals surface area contributed by atoms with Crippen LogP contribution in [0.15, 0.2) is 66.0 Å². The molecule has 1 N–H and O–H groups in total. The molecular weight excluding hydrogens is 432 g/mol. The summed E-state index contributed by atoms with van der Waals surface area (Å²) >= 11 is 1.60. The lowest BCUT2D eigenvalue weighted by molar-refractivity contribution is -0.128. The van der Waals surface area contributed by atoms with Gasteiger partial charge < -0.3 is 14.9 Å². The molecule has 33 heavy (non-hydrogen) atoms. The first kappa shape index (κ1) is 21.6. The number of thiophene rings is 1. The van der Waals surface area contributed by atoms with E-state index in [9.17, 15) is 9.90 Å². The third-order valence-corrected chi connectivity index (χ3v) is 6.85. The Bertz CT molecular complexity index is 1260. The van der Waals surface area contributed by atoms with E-state index in [-0.39, 0.29) is 5.91 Å². The summed E-state index contributed by atoms with van der Waals surface area (Å²) in [4.78, 5) is 26.5. The van der Waals surface area contributed by atoms with Gasteiger partial charge in [-0.25, -0.2) is 9.97 Å². The van der Waals surface area contributed by atoms with Gasteiger partial charge in [0, 0.05) is 49.6 Å². The summed E-state index contributed by atoms with van der Waals surface area (Å²) in [6.45, 7) is 1.44. The number of carbonyl (C=O) groups is 1. The molecule has 7 heteroatoms. The van der Waals surface area contributed by atoms with Crippen molar-refractivity contribution in [1.29, 1.82) is 0 Å². The highest BCUT2D eigenvalue weighted by atomic mass is 32.1. The second kappa shape index (κ2) is 9.29. The molecule has 0 bridgehead atoms. The number of aliphatic hydroxyl groups excluding tert-OH is 1. The predicted octanol–water partition coefficient (Wildman–Crippen LogP) is 4.44. The van der Waals surface area contributed by atoms with E-state index in [1.165, 1.54) is 0 Å². The summed E-state index contributed by atoms with van der Waals surface area (Å²) in [7, 11) is 1.94. The lowest BCUT2D eigenvalue weighted by Gasteiger charge is -2.26. The highest BCUT2D eigenvalue weighted by molar-refractivity contribution is 7.17. The Hall–Kier alpha value is -3.29. The maximum atomic E-state index is 12.0. The molecule has 5 rings (SSSR count). The molecule has 1 amide bonds. The molecule has 2 aromatic carbocycles. The quantitative estimate of drug-likeness (QED) is 0.443. The van der Waals surface area contributed by atoms with Gasteiger partial charge in [-0.05, 0) is 12.0 Å². The van der Waals surface area contributed by atoms with E-state index in [1.807, 2.05) is 60.5 Å². The van der Waals surface area contributed by atoms with Crippen LogP contribution in [0, 0.1) is 0 Å². The molecular formula is C26H26N4O2S. The number of rotatable bonds is 7. The number of hydrogen-bond acceptors (Lipinski definition) is 6. The zero-order chi connectivity index (χ0) is 22.8. The fraction of sp³-hybridized carbons (Fsp3) is 0.269. The fourth-order valence-electron chi connectivity index (χ4n) is 4.36. The second-order valence-corrected chi connectivity index (χ2v) is 9.27. The standard InChI is InChI=1S/C26H26N4O2S/c1-29(15-20(31)16-30-14-8-13-22(30)32)25-23-21(18-9-4-2-5-10-18)17-33-26(23)28-24(27-25)19-11-6-3-7-12-19/h2-7,9-12,17,20,31H,8,13-16H2,1H3/t20-/m0/s1. The molecule has 3 heterocycles. The fourth-order valence-corrected chi connectivity index (χ4v) is 5.30. The molecule has 4 aromatic rings. The lowest BCUT2D eigenvalue weighted by Crippen LogP contribution is -2.39. The molecule has 0 spiro atoms. The minimum Gasteiger partial charge on any atom is -0.389 e. The summed E-state index contributed by atoms with van der Waals surface area (Å²) in [5.41, 5.74) is 3.14. The van der Waals surface area contributed by atoms with Gasteiger partial charge in [0.05, 0.1) is 11.5 Å². The van der Waals surface area contributed by atoms with Crippen molar-refractivity contribution in [3.05, 3.63) is 66.0 Å². The van der Waals surface area contributed by atoms with Gasteiger partial charge >= 0.3 is 0 Å². The predicted molar refractivity (Wildman–Crippen MR) is 133 cm³/mol. The van der Waals surface area contributed by atoms with Crippen LogP contribution >= 0.6 is 11.3 Å². The van der Waals surface area contributed by atoms with E-state index in [0.29, 0.717) is 25.3 Å². The van der Waals surface area contributed by atoms with Gasteiger partial charge in [-0.3, -0.25) is 4.79 Å². The second-order valence-electron chi connectivity index (χ2n) is 8.41. The van der Waals surface area contributed by atoms with Gasteiger partial charge in [-0.2, -0.15) is 0 Å². The number of β-amino-alcohol motifs (C(OH)–C–C–N with tert-alkyl or cyclic N) is 1. The number of amides is 1. The normalized spacial score (nSPS) is 14.7. The number of anilines is 1. The Kier molecular flexibility index (Phi) is 6.07. The van der Waals surface area contributed by atoms with Crippen LogP contribution in [0.5, 0.6) is 0 Å². The minimum absolute atomic E-state index is 0.122. The summed E-state index contributed by atoms with van der Waals surface area (Å²) in [6.07, 6.45) is 0.773. The summed E-state index contributed by atoms with van der Waals surface area (Å²) in [5, 5.41) is 13.9. The van der Waals surface area contributed by atoms with Gasteiger partial charge in [0.25, 0.3) is 0 Å². The SMILES string of the molecule is CN(C[C@H](O)CN1CCCC1=O)c1nc(-c2ccccc2)nc2scc(-c3ccccc3)c12. The molecule has 0 radical (unpaired) electrons. The van der Waals surface area contributed by atoms with Crippen molar-refractivity contribution in [3.8, 4) is 22.5 Å². The summed E-state index contributed by atoms with van der Waals surface area (Å²) in [6, 6.07) is 20.2. The van der Waals surface area contributed by atoms with Gasteiger partial charge in [0.1, 0.15) is 10.6 Å². The first-order chi connectivity index (χ1) is 16.1. The van der Waals surface area contributed by atoms with Gasteiger partial charge in [-0.1, -0.05) is 60.7 Å². The van der Waals surface area contributed by atoms with Crippen LogP contribution in [0.4, 0.5) is 5.82 Å². The molecule has 1 saturated heterocycles. The molecule has 0 aliphatic carbocycles. The third-order valence-electron chi connectivity index (χ3n) is 5.98. The van der Waals surface area contributed by atoms with Gasteiger partial charge in [-0.15, -0.1) is 11.3 Å². The van der Waals surface area contributed by atoms with E-state index in [4.69, 9.17) is 9.97 Å². The van der Waals surface area contributed by atoms with Gasteiger partial charge in [0.2, 0.25) is 5.91 Å². The van der Waals surface area contributed by atoms with Crippen molar-refractivity contribution in [2.75, 3.05) is 31.6 Å². The van der Waals surface area contributed by atoms with Crippen LogP contribution in [0.1, 0.15) is 12.8 Å². The number of aromatic nitrogens is 2. The number of hydrogen-bond donors (Lipinski definition) is 1. The Morgan fingerprint density at radius 3 is 2.42 bits per heavy atom. The van der Waals surface area contributed by atoms with Crippen molar-refractivity contribution < 1.29 is 9.90 Å². The molecule has 1 aliphatic rings. The zero-order valence-electron chi connectivity index (χ0n) is 18.5. The monoisotopic (exact) mass is 458 g/mol. The molecule has 168 valence electrons. The molecule has 1 atom stereocenters. The van der Waals surface area contributed by atoms with Crippen LogP contribution in [0.3, 0.4) is 0 Å². The molecule has 2 aromatic heterocycles.